The highest BCUT2D eigenvalue weighted by atomic mass is 19.4. The van der Waals surface area contributed by atoms with Gasteiger partial charge in [-0.3, -0.25) is 9.48 Å². The van der Waals surface area contributed by atoms with Gasteiger partial charge in [-0.2, -0.15) is 23.3 Å². The molecule has 0 fully saturated rings. The quantitative estimate of drug-likeness (QED) is 0.520. The number of pyridine rings is 1. The summed E-state index contributed by atoms with van der Waals surface area (Å²) in [5.74, 6) is -0.485. The van der Waals surface area contributed by atoms with Crippen molar-refractivity contribution in [3.05, 3.63) is 53.2 Å². The topological polar surface area (TPSA) is 57.0 Å². The number of alkyl halides is 3. The third-order valence-corrected chi connectivity index (χ3v) is 5.07. The third kappa shape index (κ3) is 5.06. The van der Waals surface area contributed by atoms with Crippen LogP contribution in [-0.4, -0.2) is 27.2 Å². The number of halogens is 3. The summed E-state index contributed by atoms with van der Waals surface area (Å²) in [5, 5.41) is 4.23. The van der Waals surface area contributed by atoms with Crippen molar-refractivity contribution in [3.8, 4) is 5.88 Å². The van der Waals surface area contributed by atoms with Gasteiger partial charge in [0, 0.05) is 24.9 Å². The second-order valence-electron chi connectivity index (χ2n) is 8.77. The number of carbonyl (C=O) groups excluding carboxylic acids is 1. The Kier molecular flexibility index (Phi) is 6.11. The number of aromatic nitrogens is 3. The van der Waals surface area contributed by atoms with E-state index in [1.54, 1.807) is 27.8 Å². The van der Waals surface area contributed by atoms with E-state index in [-0.39, 0.29) is 41.6 Å². The summed E-state index contributed by atoms with van der Waals surface area (Å²) in [6.45, 7) is 6.96. The highest BCUT2D eigenvalue weighted by Crippen LogP contribution is 2.40. The zero-order chi connectivity index (χ0) is 23.0. The van der Waals surface area contributed by atoms with E-state index in [9.17, 15) is 18.0 Å². The van der Waals surface area contributed by atoms with E-state index in [0.29, 0.717) is 5.69 Å². The maximum atomic E-state index is 13.8. The molecule has 0 unspecified atom stereocenters. The maximum absolute atomic E-state index is 13.8. The van der Waals surface area contributed by atoms with Gasteiger partial charge >= 0.3 is 6.18 Å². The van der Waals surface area contributed by atoms with Gasteiger partial charge in [0.1, 0.15) is 6.61 Å². The molecule has 0 amide bonds. The number of nitrogens with zero attached hydrogens (tertiary/aromatic N) is 3. The molecule has 166 valence electrons. The summed E-state index contributed by atoms with van der Waals surface area (Å²) < 4.78 is 48.3. The van der Waals surface area contributed by atoms with Crippen LogP contribution < -0.4 is 4.74 Å². The normalized spacial score (nSPS) is 13.4. The van der Waals surface area contributed by atoms with E-state index in [0.717, 1.165) is 11.6 Å². The van der Waals surface area contributed by atoms with Crippen LogP contribution in [-0.2, 0) is 23.4 Å². The number of ketones is 1. The summed E-state index contributed by atoms with van der Waals surface area (Å²) in [5.41, 5.74) is -0.0772. The molecule has 0 aliphatic carbocycles. The molecule has 0 aliphatic rings. The van der Waals surface area contributed by atoms with Crippen molar-refractivity contribution in [1.29, 1.82) is 0 Å². The average Bonchev–Trinajstić information content (AvgIpc) is 3.03. The molecule has 0 aliphatic heterocycles. The first kappa shape index (κ1) is 22.8. The van der Waals surface area contributed by atoms with Crippen LogP contribution in [0, 0.1) is 0 Å². The predicted molar refractivity (Wildman–Crippen MR) is 112 cm³/mol. The number of aryl methyl sites for hydroxylation is 1. The molecule has 0 spiro atoms. The standard InChI is InChI=1S/C23H26F3N3O2/c1-14(15-9-7-6-8-10-15)11-16(30)13-31-18-12-17(23(24,25)26)19-20(22(2,3)4)28-29(5)21(19)27-18/h6-10,12,14H,11,13H2,1-5H3/t14-/m1/s1. The number of benzene rings is 1. The van der Waals surface area contributed by atoms with Crippen molar-refractivity contribution in [1.82, 2.24) is 14.8 Å². The number of ether oxygens (including phenoxy) is 1. The van der Waals surface area contributed by atoms with Gasteiger partial charge in [-0.25, -0.2) is 0 Å². The second-order valence-corrected chi connectivity index (χ2v) is 8.77. The number of Topliss-reactive ketones (excluding diaryl/α,β-unsaturated/α-hetero) is 1. The lowest BCUT2D eigenvalue weighted by Gasteiger charge is -2.18. The minimum atomic E-state index is -4.62. The third-order valence-electron chi connectivity index (χ3n) is 5.07. The first-order chi connectivity index (χ1) is 14.4. The van der Waals surface area contributed by atoms with Crippen molar-refractivity contribution in [2.24, 2.45) is 7.05 Å². The molecular formula is C23H26F3N3O2. The fraction of sp³-hybridized carbons (Fsp3) is 0.435. The fourth-order valence-electron chi connectivity index (χ4n) is 3.50. The Hall–Kier alpha value is -2.90. The van der Waals surface area contributed by atoms with Crippen LogP contribution in [0.4, 0.5) is 13.2 Å². The molecule has 0 radical (unpaired) electrons. The van der Waals surface area contributed by atoms with Crippen LogP contribution in [0.3, 0.4) is 0 Å². The van der Waals surface area contributed by atoms with Gasteiger partial charge in [-0.15, -0.1) is 0 Å². The van der Waals surface area contributed by atoms with Gasteiger partial charge in [-0.05, 0) is 11.5 Å². The molecule has 5 nitrogen and oxygen atoms in total. The van der Waals surface area contributed by atoms with E-state index in [1.807, 2.05) is 37.3 Å². The van der Waals surface area contributed by atoms with Crippen molar-refractivity contribution in [2.45, 2.75) is 51.6 Å². The zero-order valence-corrected chi connectivity index (χ0v) is 18.2. The van der Waals surface area contributed by atoms with Gasteiger partial charge < -0.3 is 4.74 Å². The Balaban J connectivity index is 1.86. The van der Waals surface area contributed by atoms with Gasteiger partial charge in [0.2, 0.25) is 5.88 Å². The summed E-state index contributed by atoms with van der Waals surface area (Å²) in [7, 11) is 1.54. The Bertz CT molecular complexity index is 1080. The molecular weight excluding hydrogens is 407 g/mol. The summed E-state index contributed by atoms with van der Waals surface area (Å²) >= 11 is 0. The molecule has 2 heterocycles. The van der Waals surface area contributed by atoms with E-state index in [1.165, 1.54) is 4.68 Å². The van der Waals surface area contributed by atoms with Gasteiger partial charge in [-0.1, -0.05) is 58.0 Å². The highest BCUT2D eigenvalue weighted by molar-refractivity contribution is 5.85. The van der Waals surface area contributed by atoms with Crippen molar-refractivity contribution >= 4 is 16.8 Å². The minimum Gasteiger partial charge on any atom is -0.470 e. The molecule has 0 saturated carbocycles. The second kappa shape index (κ2) is 8.32. The molecule has 2 aromatic heterocycles. The Morgan fingerprint density at radius 3 is 2.39 bits per heavy atom. The first-order valence-electron chi connectivity index (χ1n) is 10.0. The Morgan fingerprint density at radius 2 is 1.81 bits per heavy atom. The van der Waals surface area contributed by atoms with Crippen LogP contribution >= 0.6 is 0 Å². The van der Waals surface area contributed by atoms with Crippen LogP contribution in [0.1, 0.15) is 56.9 Å². The molecule has 0 bridgehead atoms. The molecule has 3 rings (SSSR count). The molecule has 1 atom stereocenters. The Labute approximate surface area is 179 Å². The zero-order valence-electron chi connectivity index (χ0n) is 18.2. The Morgan fingerprint density at radius 1 is 1.16 bits per heavy atom. The number of carbonyl (C=O) groups is 1. The summed E-state index contributed by atoms with van der Waals surface area (Å²) in [6.07, 6.45) is -4.40. The summed E-state index contributed by atoms with van der Waals surface area (Å²) in [6, 6.07) is 10.4. The largest absolute Gasteiger partial charge is 0.470 e. The molecule has 0 N–H and O–H groups in total. The predicted octanol–water partition coefficient (Wildman–Crippen LogP) is 5.43. The number of hydrogen-bond acceptors (Lipinski definition) is 4. The molecule has 8 heteroatoms. The monoisotopic (exact) mass is 433 g/mol. The minimum absolute atomic E-state index is 0.0232. The van der Waals surface area contributed by atoms with Crippen LogP contribution in [0.5, 0.6) is 5.88 Å². The van der Waals surface area contributed by atoms with Crippen molar-refractivity contribution in [2.75, 3.05) is 6.61 Å². The van der Waals surface area contributed by atoms with E-state index in [2.05, 4.69) is 10.1 Å². The smallest absolute Gasteiger partial charge is 0.417 e. The van der Waals surface area contributed by atoms with Crippen molar-refractivity contribution < 1.29 is 22.7 Å². The fourth-order valence-corrected chi connectivity index (χ4v) is 3.50. The molecule has 31 heavy (non-hydrogen) atoms. The number of hydrogen-bond donors (Lipinski definition) is 0. The van der Waals surface area contributed by atoms with E-state index >= 15 is 0 Å². The van der Waals surface area contributed by atoms with Crippen LogP contribution in [0.25, 0.3) is 11.0 Å². The molecule has 3 aromatic rings. The maximum Gasteiger partial charge on any atom is 0.417 e. The lowest BCUT2D eigenvalue weighted by molar-refractivity contribution is -0.136. The average molecular weight is 433 g/mol. The van der Waals surface area contributed by atoms with Crippen LogP contribution in [0.2, 0.25) is 0 Å². The highest BCUT2D eigenvalue weighted by Gasteiger charge is 2.38. The number of rotatable bonds is 6. The SMILES string of the molecule is C[C@H](CC(=O)COc1cc(C(F)(F)F)c2c(C(C)(C)C)nn(C)c2n1)c1ccccc1. The van der Waals surface area contributed by atoms with Gasteiger partial charge in [0.15, 0.2) is 11.4 Å². The lowest BCUT2D eigenvalue weighted by Crippen LogP contribution is -2.16. The van der Waals surface area contributed by atoms with Gasteiger partial charge in [0.25, 0.3) is 0 Å². The first-order valence-corrected chi connectivity index (χ1v) is 10.0. The number of fused-ring (bicyclic) bond motifs is 1. The molecule has 1 aromatic carbocycles. The van der Waals surface area contributed by atoms with Crippen LogP contribution in [0.15, 0.2) is 36.4 Å². The lowest BCUT2D eigenvalue weighted by atomic mass is 9.89. The van der Waals surface area contributed by atoms with E-state index in [4.69, 9.17) is 4.74 Å². The summed E-state index contributed by atoms with van der Waals surface area (Å²) in [4.78, 5) is 16.6. The molecule has 0 saturated heterocycles. The van der Waals surface area contributed by atoms with Gasteiger partial charge in [0.05, 0.1) is 16.6 Å². The van der Waals surface area contributed by atoms with Crippen molar-refractivity contribution in [3.63, 3.8) is 0 Å². The van der Waals surface area contributed by atoms with E-state index < -0.39 is 17.2 Å².